The number of hydrogen-bond donors (Lipinski definition) is 4. The van der Waals surface area contributed by atoms with E-state index in [1.807, 2.05) is 37.1 Å². The second kappa shape index (κ2) is 24.6. The van der Waals surface area contributed by atoms with Crippen molar-refractivity contribution < 1.29 is 60.7 Å². The monoisotopic (exact) mass is 1240 g/mol. The molecule has 89 heavy (non-hydrogen) atoms. The third-order valence-electron chi connectivity index (χ3n) is 17.4. The van der Waals surface area contributed by atoms with Gasteiger partial charge in [-0.1, -0.05) is 35.4 Å². The lowest BCUT2D eigenvalue weighted by atomic mass is 9.86. The van der Waals surface area contributed by atoms with Crippen LogP contribution in [0.15, 0.2) is 83.9 Å². The summed E-state index contributed by atoms with van der Waals surface area (Å²) in [5.41, 5.74) is 2.56. The number of aromatic nitrogens is 6. The van der Waals surface area contributed by atoms with Crippen LogP contribution >= 0.6 is 0 Å². The number of ether oxygens (including phenoxy) is 5. The fourth-order valence-corrected chi connectivity index (χ4v) is 14.5. The average Bonchev–Trinajstić information content (AvgIpc) is 1.17. The first-order chi connectivity index (χ1) is 42.8. The number of benzene rings is 5. The van der Waals surface area contributed by atoms with Gasteiger partial charge in [0.25, 0.3) is 0 Å². The number of sulfonamides is 1. The van der Waals surface area contributed by atoms with E-state index in [-0.39, 0.29) is 121 Å². The summed E-state index contributed by atoms with van der Waals surface area (Å²) in [7, 11) is 0.985. The largest absolute Gasteiger partial charge is 0.508 e. The molecular weight excluding hydrogens is 1170 g/mol. The summed E-state index contributed by atoms with van der Waals surface area (Å²) in [5.74, 6) is 0.0844. The molecule has 7 heterocycles. The lowest BCUT2D eigenvalue weighted by Gasteiger charge is -2.35. The highest BCUT2D eigenvalue weighted by Crippen LogP contribution is 2.42. The fourth-order valence-electron chi connectivity index (χ4n) is 12.9. The van der Waals surface area contributed by atoms with Gasteiger partial charge in [0.2, 0.25) is 15.9 Å². The summed E-state index contributed by atoms with van der Waals surface area (Å²) < 4.78 is 94.5. The number of halogens is 2. The molecule has 0 spiro atoms. The number of pyridine rings is 1. The van der Waals surface area contributed by atoms with Gasteiger partial charge in [-0.15, -0.1) is 11.5 Å². The molecule has 3 saturated heterocycles. The lowest BCUT2D eigenvalue weighted by Crippen LogP contribution is -2.58. The molecule has 0 aliphatic carbocycles. The van der Waals surface area contributed by atoms with Gasteiger partial charge in [0.05, 0.1) is 44.2 Å². The maximum Gasteiger partial charge on any atom is 0.319 e. The summed E-state index contributed by atoms with van der Waals surface area (Å²) in [4.78, 5) is 44.5. The van der Waals surface area contributed by atoms with Crippen LogP contribution in [0.25, 0.3) is 44.0 Å². The number of carbonyl (C=O) groups excluding carboxylic acids is 1. The third kappa shape index (κ3) is 11.8. The van der Waals surface area contributed by atoms with Crippen molar-refractivity contribution in [3.8, 4) is 52.6 Å². The average molecular weight is 1240 g/mol. The minimum absolute atomic E-state index is 0.00636. The van der Waals surface area contributed by atoms with Gasteiger partial charge in [0.1, 0.15) is 86.6 Å². The van der Waals surface area contributed by atoms with Crippen molar-refractivity contribution in [3.63, 3.8) is 0 Å². The molecule has 464 valence electrons. The maximum atomic E-state index is 17.3. The SMILES string of the molecule is C#Cc1c(F)ccc2cc(O)cc(-c3ncc4c(N5C[C@H]6CC[C@@H](C5)N6)nc(OC[C@@]5(C(=O)NCCOCCOc6ccc7c(c6)O[C@H](C)CN(Cc6cc(C(CC(=O)O)c8cc(OC)c9c(c8)nnn9C)ccc6C)S7(=O)=O)CCCN5C)nc4c3F)c12. The first-order valence-electron chi connectivity index (χ1n) is 29.4. The first-order valence-corrected chi connectivity index (χ1v) is 30.9. The highest BCUT2D eigenvalue weighted by molar-refractivity contribution is 7.89. The summed E-state index contributed by atoms with van der Waals surface area (Å²) in [5, 5.41) is 36.7. The molecule has 25 heteroatoms. The van der Waals surface area contributed by atoms with Crippen LogP contribution in [-0.2, 0) is 37.9 Å². The van der Waals surface area contributed by atoms with Crippen molar-refractivity contribution in [2.75, 3.05) is 78.2 Å². The third-order valence-corrected chi connectivity index (χ3v) is 19.3. The Labute approximate surface area is 512 Å². The highest BCUT2D eigenvalue weighted by Gasteiger charge is 2.47. The summed E-state index contributed by atoms with van der Waals surface area (Å²) in [6.07, 6.45) is 9.52. The molecule has 22 nitrogen and oxygen atoms in total. The van der Waals surface area contributed by atoms with Crippen molar-refractivity contribution in [1.29, 1.82) is 0 Å². The number of fused-ring (bicyclic) bond motifs is 6. The molecular formula is C64H67F2N11O11S. The van der Waals surface area contributed by atoms with E-state index < -0.39 is 45.2 Å². The molecule has 0 radical (unpaired) electrons. The number of carbonyl (C=O) groups is 2. The van der Waals surface area contributed by atoms with Crippen LogP contribution in [0.4, 0.5) is 14.6 Å². The molecule has 12 rings (SSSR count). The Balaban J connectivity index is 0.689. The van der Waals surface area contributed by atoms with Gasteiger partial charge in [0, 0.05) is 74.4 Å². The highest BCUT2D eigenvalue weighted by atomic mass is 32.2. The van der Waals surface area contributed by atoms with E-state index in [9.17, 15) is 28.2 Å². The van der Waals surface area contributed by atoms with Gasteiger partial charge in [-0.25, -0.2) is 21.9 Å². The van der Waals surface area contributed by atoms with E-state index >= 15 is 8.78 Å². The molecule has 0 saturated carbocycles. The number of rotatable bonds is 20. The second-order valence-electron chi connectivity index (χ2n) is 23.3. The van der Waals surface area contributed by atoms with Gasteiger partial charge in [-0.2, -0.15) is 14.3 Å². The number of piperazine rings is 1. The van der Waals surface area contributed by atoms with Gasteiger partial charge in [-0.3, -0.25) is 19.5 Å². The molecule has 1 unspecified atom stereocenters. The van der Waals surface area contributed by atoms with Crippen molar-refractivity contribution in [2.45, 2.75) is 87.0 Å². The zero-order chi connectivity index (χ0) is 62.5. The number of likely N-dealkylation sites (N-methyl/N-ethyl adjacent to an activating group) is 1. The Morgan fingerprint density at radius 1 is 0.978 bits per heavy atom. The predicted molar refractivity (Wildman–Crippen MR) is 326 cm³/mol. The topological polar surface area (TPSA) is 258 Å². The van der Waals surface area contributed by atoms with Gasteiger partial charge < -0.3 is 49.4 Å². The number of likely N-dealkylation sites (tertiary alicyclic amines) is 1. The molecule has 5 aromatic carbocycles. The number of carboxylic acids is 1. The standard InChI is InChI=1S/C64H67F2N11O11S/c1-7-46-50(65)15-11-39-24-44(78)27-48(56(39)46)58-57(66)59-49(30-68-58)61(76-33-42-12-13-43(34-76)69-42)71-63(70-59)87-35-64(17-8-19-74(64)4)62(81)67-18-20-85-21-22-86-45-14-16-54-52(28-45)88-37(3)31-77(89(54,82)83)32-41-23-38(10-9-36(41)2)47(29-55(79)80)40-25-51-60(53(26-40)84-6)75(5)73-72-51/h1,9-11,14-16,23-28,30,37,42-43,47,69,78H,8,12-13,17-22,29,31-35H2,2-6H3,(H,67,81)(H,79,80)/t37-,42-,43+,47?,64-/m1/s1. The Hall–Kier alpha value is -8.80. The normalized spacial score (nSPS) is 20.2. The molecule has 1 amide bonds. The number of nitrogens with zero attached hydrogens (tertiary/aromatic N) is 9. The van der Waals surface area contributed by atoms with Crippen LogP contribution in [0.5, 0.6) is 29.0 Å². The van der Waals surface area contributed by atoms with Gasteiger partial charge in [-0.05, 0) is 123 Å². The Kier molecular flexibility index (Phi) is 16.7. The van der Waals surface area contributed by atoms with Crippen molar-refractivity contribution >= 4 is 60.4 Å². The fraction of sp³-hybridized carbons (Fsp3) is 0.391. The number of aryl methyl sites for hydroxylation is 2. The van der Waals surface area contributed by atoms with Crippen molar-refractivity contribution in [3.05, 3.63) is 118 Å². The number of nitrogens with one attached hydrogen (secondary N) is 2. The number of anilines is 1. The van der Waals surface area contributed by atoms with Crippen LogP contribution in [0.1, 0.15) is 72.8 Å². The number of phenolic OH excluding ortho intramolecular Hbond substituents is 1. The van der Waals surface area contributed by atoms with E-state index in [0.29, 0.717) is 88.3 Å². The van der Waals surface area contributed by atoms with Crippen LogP contribution in [0.2, 0.25) is 0 Å². The summed E-state index contributed by atoms with van der Waals surface area (Å²) in [6.45, 7) is 5.81. The number of terminal acetylenes is 1. The van der Waals surface area contributed by atoms with Crippen LogP contribution < -0.4 is 34.5 Å². The number of methoxy groups -OCH3 is 1. The molecule has 8 aromatic rings. The number of carboxylic acid groups (broad SMARTS) is 1. The molecule has 4 aliphatic rings. The van der Waals surface area contributed by atoms with E-state index in [1.165, 1.54) is 47.9 Å². The Bertz CT molecular complexity index is 4250. The van der Waals surface area contributed by atoms with E-state index in [4.69, 9.17) is 35.1 Å². The van der Waals surface area contributed by atoms with E-state index in [1.54, 1.807) is 42.9 Å². The minimum Gasteiger partial charge on any atom is -0.508 e. The van der Waals surface area contributed by atoms with Crippen molar-refractivity contribution in [2.24, 2.45) is 7.05 Å². The van der Waals surface area contributed by atoms with E-state index in [0.717, 1.165) is 18.4 Å². The summed E-state index contributed by atoms with van der Waals surface area (Å²) in [6, 6.07) is 19.3. The van der Waals surface area contributed by atoms with Crippen molar-refractivity contribution in [1.82, 2.24) is 49.8 Å². The van der Waals surface area contributed by atoms with Crippen LogP contribution in [-0.4, -0.2) is 167 Å². The molecule has 3 aromatic heterocycles. The molecule has 4 N–H and O–H groups in total. The number of aromatic hydroxyl groups is 1. The molecule has 5 atom stereocenters. The van der Waals surface area contributed by atoms with E-state index in [2.05, 4.69) is 41.7 Å². The Morgan fingerprint density at radius 2 is 1.79 bits per heavy atom. The first kappa shape index (κ1) is 60.5. The number of aliphatic carboxylic acids is 1. The predicted octanol–water partition coefficient (Wildman–Crippen LogP) is 6.98. The van der Waals surface area contributed by atoms with Gasteiger partial charge >= 0.3 is 12.0 Å². The van der Waals surface area contributed by atoms with Crippen LogP contribution in [0, 0.1) is 30.9 Å². The number of phenols is 1. The van der Waals surface area contributed by atoms with Crippen LogP contribution in [0.3, 0.4) is 0 Å². The maximum absolute atomic E-state index is 17.3. The minimum atomic E-state index is -4.12. The molecule has 4 aliphatic heterocycles. The zero-order valence-corrected chi connectivity index (χ0v) is 50.6. The Morgan fingerprint density at radius 3 is 2.54 bits per heavy atom. The van der Waals surface area contributed by atoms with Gasteiger partial charge in [0.15, 0.2) is 5.82 Å². The summed E-state index contributed by atoms with van der Waals surface area (Å²) >= 11 is 0. The lowest BCUT2D eigenvalue weighted by molar-refractivity contribution is -0.137. The quantitative estimate of drug-likeness (QED) is 0.0443. The molecule has 2 bridgehead atoms. The number of hydrogen-bond acceptors (Lipinski definition) is 18. The second-order valence-corrected chi connectivity index (χ2v) is 25.2. The smallest absolute Gasteiger partial charge is 0.319 e. The zero-order valence-electron chi connectivity index (χ0n) is 49.8. The molecule has 3 fully saturated rings. The number of amides is 1.